The number of aryl methyl sites for hydroxylation is 1. The number of amides is 1. The molecule has 0 saturated carbocycles. The van der Waals surface area contributed by atoms with Gasteiger partial charge in [0.1, 0.15) is 6.33 Å². The number of hydrogen-bond donors (Lipinski definition) is 1. The first-order valence-electron chi connectivity index (χ1n) is 9.10. The zero-order valence-electron chi connectivity index (χ0n) is 15.8. The van der Waals surface area contributed by atoms with Crippen molar-refractivity contribution in [3.05, 3.63) is 35.4 Å². The van der Waals surface area contributed by atoms with Gasteiger partial charge in [0.05, 0.1) is 26.4 Å². The van der Waals surface area contributed by atoms with Crippen LogP contribution in [0.2, 0.25) is 0 Å². The molecule has 0 spiro atoms. The fourth-order valence-electron chi connectivity index (χ4n) is 2.99. The molecule has 2 aromatic rings. The van der Waals surface area contributed by atoms with E-state index in [4.69, 9.17) is 17.0 Å². The summed E-state index contributed by atoms with van der Waals surface area (Å²) in [7, 11) is 1.87. The average molecular weight is 391 g/mol. The van der Waals surface area contributed by atoms with Gasteiger partial charge in [0.2, 0.25) is 5.91 Å². The van der Waals surface area contributed by atoms with Crippen LogP contribution in [0.5, 0.6) is 0 Å². The second-order valence-electron chi connectivity index (χ2n) is 6.55. The normalized spacial score (nSPS) is 14.6. The first kappa shape index (κ1) is 19.5. The second-order valence-corrected chi connectivity index (χ2v) is 6.91. The summed E-state index contributed by atoms with van der Waals surface area (Å²) in [4.78, 5) is 16.5. The molecule has 0 atom stereocenters. The molecule has 0 aliphatic carbocycles. The minimum absolute atomic E-state index is 0.0712. The fourth-order valence-corrected chi connectivity index (χ4v) is 3.27. The third kappa shape index (κ3) is 5.15. The van der Waals surface area contributed by atoms with Crippen molar-refractivity contribution < 1.29 is 9.53 Å². The summed E-state index contributed by atoms with van der Waals surface area (Å²) in [6.45, 7) is 6.82. The summed E-state index contributed by atoms with van der Waals surface area (Å²) in [5.41, 5.74) is 1.94. The number of nitrogens with one attached hydrogen (secondary N) is 1. The van der Waals surface area contributed by atoms with Gasteiger partial charge in [-0.1, -0.05) is 0 Å². The molecule has 0 bridgehead atoms. The zero-order valence-corrected chi connectivity index (χ0v) is 16.6. The van der Waals surface area contributed by atoms with E-state index in [0.717, 1.165) is 44.2 Å². The van der Waals surface area contributed by atoms with Crippen molar-refractivity contribution in [2.45, 2.75) is 20.1 Å². The minimum Gasteiger partial charge on any atom is -0.378 e. The third-order valence-corrected chi connectivity index (χ3v) is 4.90. The van der Waals surface area contributed by atoms with Gasteiger partial charge in [-0.15, -0.1) is 0 Å². The zero-order chi connectivity index (χ0) is 19.2. The Hall–Kier alpha value is -2.23. The van der Waals surface area contributed by atoms with Gasteiger partial charge in [-0.05, 0) is 50.5 Å². The molecule has 0 radical (unpaired) electrons. The largest absolute Gasteiger partial charge is 0.378 e. The van der Waals surface area contributed by atoms with Crippen LogP contribution in [0, 0.1) is 4.77 Å². The number of carbonyl (C=O) groups excluding carboxylic acids is 1. The molecule has 0 unspecified atom stereocenters. The van der Waals surface area contributed by atoms with Crippen molar-refractivity contribution in [1.29, 1.82) is 0 Å². The first-order chi connectivity index (χ1) is 13.1. The number of benzene rings is 1. The highest BCUT2D eigenvalue weighted by molar-refractivity contribution is 7.71. The Bertz CT molecular complexity index is 810. The summed E-state index contributed by atoms with van der Waals surface area (Å²) in [6, 6.07) is 7.92. The molecule has 1 aliphatic rings. The molecule has 1 N–H and O–H groups in total. The molecular formula is C18H26N6O2S. The second kappa shape index (κ2) is 9.12. The minimum atomic E-state index is -0.0712. The van der Waals surface area contributed by atoms with Crippen LogP contribution in [0.25, 0.3) is 0 Å². The van der Waals surface area contributed by atoms with Gasteiger partial charge in [0.25, 0.3) is 0 Å². The Balaban J connectivity index is 1.50. The lowest BCUT2D eigenvalue weighted by Gasteiger charge is -2.28. The van der Waals surface area contributed by atoms with E-state index in [9.17, 15) is 4.79 Å². The molecule has 146 valence electrons. The van der Waals surface area contributed by atoms with Gasteiger partial charge in [-0.3, -0.25) is 9.69 Å². The van der Waals surface area contributed by atoms with Crippen molar-refractivity contribution >= 4 is 29.5 Å². The Kier molecular flexibility index (Phi) is 6.59. The maximum Gasteiger partial charge on any atom is 0.238 e. The molecule has 9 heteroatoms. The van der Waals surface area contributed by atoms with E-state index in [0.29, 0.717) is 11.4 Å². The van der Waals surface area contributed by atoms with Gasteiger partial charge in [-0.2, -0.15) is 5.10 Å². The summed E-state index contributed by atoms with van der Waals surface area (Å²) >= 11 is 5.35. The molecule has 2 heterocycles. The molecule has 1 amide bonds. The number of likely N-dealkylation sites (N-methyl/N-ethyl adjacent to an activating group) is 1. The molecule has 8 nitrogen and oxygen atoms in total. The Morgan fingerprint density at radius 3 is 2.63 bits per heavy atom. The van der Waals surface area contributed by atoms with E-state index in [1.54, 1.807) is 11.0 Å². The van der Waals surface area contributed by atoms with E-state index >= 15 is 0 Å². The summed E-state index contributed by atoms with van der Waals surface area (Å²) in [5, 5.41) is 7.20. The van der Waals surface area contributed by atoms with Gasteiger partial charge in [0, 0.05) is 31.0 Å². The van der Waals surface area contributed by atoms with Gasteiger partial charge >= 0.3 is 0 Å². The maximum absolute atomic E-state index is 12.3. The van der Waals surface area contributed by atoms with Crippen LogP contribution >= 0.6 is 12.2 Å². The predicted octanol–water partition coefficient (Wildman–Crippen LogP) is 1.80. The topological polar surface area (TPSA) is 67.6 Å². The van der Waals surface area contributed by atoms with Crippen LogP contribution in [0.3, 0.4) is 0 Å². The van der Waals surface area contributed by atoms with Gasteiger partial charge < -0.3 is 19.5 Å². The van der Waals surface area contributed by atoms with Crippen molar-refractivity contribution in [3.8, 4) is 0 Å². The Labute approximate surface area is 164 Å². The lowest BCUT2D eigenvalue weighted by Crippen LogP contribution is -2.36. The van der Waals surface area contributed by atoms with Crippen LogP contribution in [-0.2, 0) is 22.7 Å². The van der Waals surface area contributed by atoms with E-state index < -0.39 is 0 Å². The Morgan fingerprint density at radius 2 is 2.00 bits per heavy atom. The standard InChI is InChI=1S/C18H26N6O2S/c1-3-22-13-19-24(18(22)27)14-21(2)12-17(25)20-15-4-6-16(7-5-15)23-8-10-26-11-9-23/h4-7,13H,3,8-12,14H2,1-2H3,(H,20,25). The van der Waals surface area contributed by atoms with E-state index in [1.807, 2.05) is 47.7 Å². The molecule has 1 saturated heterocycles. The van der Waals surface area contributed by atoms with E-state index in [2.05, 4.69) is 15.3 Å². The molecular weight excluding hydrogens is 364 g/mol. The summed E-state index contributed by atoms with van der Waals surface area (Å²) in [6.07, 6.45) is 1.71. The molecule has 1 fully saturated rings. The summed E-state index contributed by atoms with van der Waals surface area (Å²) in [5.74, 6) is -0.0712. The van der Waals surface area contributed by atoms with Crippen LogP contribution in [0.4, 0.5) is 11.4 Å². The van der Waals surface area contributed by atoms with Gasteiger partial charge in [-0.25, -0.2) is 4.68 Å². The van der Waals surface area contributed by atoms with E-state index in [-0.39, 0.29) is 12.5 Å². The number of morpholine rings is 1. The molecule has 1 aliphatic heterocycles. The highest BCUT2D eigenvalue weighted by atomic mass is 32.1. The molecule has 1 aromatic heterocycles. The van der Waals surface area contributed by atoms with Crippen molar-refractivity contribution in [2.24, 2.45) is 0 Å². The van der Waals surface area contributed by atoms with Crippen LogP contribution in [-0.4, -0.2) is 65.1 Å². The number of hydrogen-bond acceptors (Lipinski definition) is 6. The van der Waals surface area contributed by atoms with Crippen molar-refractivity contribution in [3.63, 3.8) is 0 Å². The molecule has 27 heavy (non-hydrogen) atoms. The number of nitrogens with zero attached hydrogens (tertiary/aromatic N) is 5. The fraction of sp³-hybridized carbons (Fsp3) is 0.500. The lowest BCUT2D eigenvalue weighted by molar-refractivity contribution is -0.117. The van der Waals surface area contributed by atoms with Crippen molar-refractivity contribution in [1.82, 2.24) is 19.2 Å². The smallest absolute Gasteiger partial charge is 0.238 e. The maximum atomic E-state index is 12.3. The van der Waals surface area contributed by atoms with Crippen LogP contribution < -0.4 is 10.2 Å². The van der Waals surface area contributed by atoms with Crippen molar-refractivity contribution in [2.75, 3.05) is 50.1 Å². The van der Waals surface area contributed by atoms with Gasteiger partial charge in [0.15, 0.2) is 4.77 Å². The number of ether oxygens (including phenoxy) is 1. The third-order valence-electron chi connectivity index (χ3n) is 4.45. The highest BCUT2D eigenvalue weighted by Gasteiger charge is 2.12. The number of carbonyl (C=O) groups is 1. The first-order valence-corrected chi connectivity index (χ1v) is 9.51. The monoisotopic (exact) mass is 390 g/mol. The Morgan fingerprint density at radius 1 is 1.30 bits per heavy atom. The lowest BCUT2D eigenvalue weighted by atomic mass is 10.2. The van der Waals surface area contributed by atoms with Crippen LogP contribution in [0.1, 0.15) is 6.92 Å². The summed E-state index contributed by atoms with van der Waals surface area (Å²) < 4.78 is 9.63. The SMILES string of the molecule is CCn1cnn(CN(C)CC(=O)Nc2ccc(N3CCOCC3)cc2)c1=S. The highest BCUT2D eigenvalue weighted by Crippen LogP contribution is 2.19. The molecule has 3 rings (SSSR count). The average Bonchev–Trinajstić information content (AvgIpc) is 3.02. The quantitative estimate of drug-likeness (QED) is 0.727. The number of rotatable bonds is 7. The number of anilines is 2. The predicted molar refractivity (Wildman–Crippen MR) is 107 cm³/mol. The van der Waals surface area contributed by atoms with Crippen LogP contribution in [0.15, 0.2) is 30.6 Å². The molecule has 1 aromatic carbocycles. The number of aromatic nitrogens is 3. The van der Waals surface area contributed by atoms with E-state index in [1.165, 1.54) is 0 Å².